The second kappa shape index (κ2) is 1.37. The van der Waals surface area contributed by atoms with Gasteiger partial charge in [0.15, 0.2) is 0 Å². The Kier molecular flexibility index (Phi) is 1.96. The Morgan fingerprint density at radius 1 is 0.750 bits per heavy atom. The van der Waals surface area contributed by atoms with Crippen LogP contribution in [0.5, 0.6) is 0 Å². The molecular weight excluding hydrogens is 246 g/mol. The van der Waals surface area contributed by atoms with E-state index in [0.29, 0.717) is 0 Å². The van der Waals surface area contributed by atoms with Crippen LogP contribution in [0.3, 0.4) is 0 Å². The van der Waals surface area contributed by atoms with Gasteiger partial charge in [0.1, 0.15) is 0 Å². The van der Waals surface area contributed by atoms with Gasteiger partial charge >= 0.3 is 34.4 Å². The number of rotatable bonds is 0. The Labute approximate surface area is 54.7 Å². The first-order valence-corrected chi connectivity index (χ1v) is 3.04. The first-order valence-electron chi connectivity index (χ1n) is 1.01. The first kappa shape index (κ1) is 11.4. The quantitative estimate of drug-likeness (QED) is 0.349. The Morgan fingerprint density at radius 3 is 0.750 bits per heavy atom. The average molecular weight is 247 g/mol. The maximum Gasteiger partial charge on any atom is 1.00 e. The number of hydrogen-bond acceptors (Lipinski definition) is 0. The van der Waals surface area contributed by atoms with E-state index in [1.54, 1.807) is 0 Å². The predicted molar refractivity (Wildman–Crippen MR) is 14.7 cm³/mol. The molecule has 0 aromatic rings. The minimum Gasteiger partial charge on any atom is 0 e. The van der Waals surface area contributed by atoms with Crippen LogP contribution in [0, 0.1) is 0 Å². The molecule has 0 aromatic carbocycles. The van der Waals surface area contributed by atoms with Crippen molar-refractivity contribution < 1.29 is 46.1 Å². The molecule has 8 heteroatoms. The summed E-state index contributed by atoms with van der Waals surface area (Å²) in [5, 5.41) is 0. The van der Waals surface area contributed by atoms with Crippen molar-refractivity contribution in [3.8, 4) is 0 Å². The van der Waals surface area contributed by atoms with Crippen molar-refractivity contribution in [1.82, 2.24) is 0 Å². The second-order valence-electron chi connectivity index (χ2n) is 0.958. The number of hydrogen-bond donors (Lipinski definition) is 0. The molecule has 0 aromatic heterocycles. The first-order chi connectivity index (χ1) is 2.45. The summed E-state index contributed by atoms with van der Waals surface area (Å²) in [6.07, 6.45) is 0. The zero-order chi connectivity index (χ0) is 6.41. The van der Waals surface area contributed by atoms with E-state index in [4.69, 9.17) is 0 Å². The molecule has 0 atom stereocenters. The molecule has 0 radical (unpaired) electrons. The summed E-state index contributed by atoms with van der Waals surface area (Å²) in [6.45, 7) is 0. The molecule has 0 fully saturated rings. The van der Waals surface area contributed by atoms with E-state index in [2.05, 4.69) is 0 Å². The largest absolute Gasteiger partial charge is 1.00 e. The van der Waals surface area contributed by atoms with Gasteiger partial charge in [0.25, 0.3) is 0 Å². The fourth-order valence-electron chi connectivity index (χ4n) is 0. The SMILES string of the molecule is F[P-](F)(F)(F)(F)F.[H+].[Ru]. The topological polar surface area (TPSA) is 0 Å². The summed E-state index contributed by atoms with van der Waals surface area (Å²) >= 11 is 0. The molecule has 0 aliphatic heterocycles. The molecule has 0 rings (SSSR count). The van der Waals surface area contributed by atoms with Gasteiger partial charge in [0, 0.05) is 19.5 Å². The summed E-state index contributed by atoms with van der Waals surface area (Å²) in [5.41, 5.74) is 0. The Balaban J connectivity index is -0.000000180. The van der Waals surface area contributed by atoms with Crippen LogP contribution < -0.4 is 0 Å². The molecule has 0 heterocycles. The van der Waals surface area contributed by atoms with E-state index < -0.39 is 7.81 Å². The van der Waals surface area contributed by atoms with Crippen LogP contribution in [0.15, 0.2) is 0 Å². The molecule has 0 bridgehead atoms. The molecule has 0 spiro atoms. The van der Waals surface area contributed by atoms with Gasteiger partial charge in [-0.2, -0.15) is 0 Å². The molecular formula is HF6PRu. The van der Waals surface area contributed by atoms with Crippen molar-refractivity contribution in [2.75, 3.05) is 0 Å². The average Bonchev–Trinajstić information content (AvgIpc) is 0.592. The number of halogens is 6. The van der Waals surface area contributed by atoms with E-state index in [9.17, 15) is 25.2 Å². The molecule has 0 saturated carbocycles. The molecule has 0 saturated heterocycles. The van der Waals surface area contributed by atoms with Crippen LogP contribution in [0.1, 0.15) is 1.43 Å². The summed E-state index contributed by atoms with van der Waals surface area (Å²) < 4.78 is 59.2. The van der Waals surface area contributed by atoms with Crippen LogP contribution in [0.2, 0.25) is 0 Å². The van der Waals surface area contributed by atoms with Crippen molar-refractivity contribution in [3.05, 3.63) is 0 Å². The van der Waals surface area contributed by atoms with Crippen molar-refractivity contribution >= 4 is 7.81 Å². The molecule has 0 aliphatic rings. The summed E-state index contributed by atoms with van der Waals surface area (Å²) in [7, 11) is -10.7. The van der Waals surface area contributed by atoms with Crippen LogP contribution >= 0.6 is 7.81 Å². The fraction of sp³-hybridized carbons (Fsp3) is 0. The Morgan fingerprint density at radius 2 is 0.750 bits per heavy atom. The minimum atomic E-state index is -10.7. The van der Waals surface area contributed by atoms with Crippen molar-refractivity contribution in [3.63, 3.8) is 0 Å². The second-order valence-corrected chi connectivity index (χ2v) is 2.87. The maximum absolute atomic E-state index is 10.7. The van der Waals surface area contributed by atoms with Gasteiger partial charge < -0.3 is 0 Å². The smallest absolute Gasteiger partial charge is 0 e. The molecule has 8 heavy (non-hydrogen) atoms. The third kappa shape index (κ3) is 525. The third-order valence-electron chi connectivity index (χ3n) is 0. The molecule has 56 valence electrons. The predicted octanol–water partition coefficient (Wildman–Crippen LogP) is 3.49. The summed E-state index contributed by atoms with van der Waals surface area (Å²) in [5.74, 6) is 0. The van der Waals surface area contributed by atoms with Gasteiger partial charge in [-0.05, 0) is 0 Å². The zero-order valence-corrected chi connectivity index (χ0v) is 5.70. The van der Waals surface area contributed by atoms with Crippen molar-refractivity contribution in [2.24, 2.45) is 0 Å². The van der Waals surface area contributed by atoms with Crippen LogP contribution in [-0.2, 0) is 19.5 Å². The molecule has 0 aliphatic carbocycles. The van der Waals surface area contributed by atoms with Crippen LogP contribution in [0.25, 0.3) is 0 Å². The molecule has 0 unspecified atom stereocenters. The van der Waals surface area contributed by atoms with Gasteiger partial charge in [-0.3, -0.25) is 0 Å². The van der Waals surface area contributed by atoms with Gasteiger partial charge in [0.05, 0.1) is 0 Å². The van der Waals surface area contributed by atoms with Crippen molar-refractivity contribution in [2.45, 2.75) is 0 Å². The van der Waals surface area contributed by atoms with Crippen molar-refractivity contribution in [1.29, 1.82) is 0 Å². The van der Waals surface area contributed by atoms with E-state index >= 15 is 0 Å². The van der Waals surface area contributed by atoms with Gasteiger partial charge in [0.2, 0.25) is 0 Å². The Bertz CT molecular complexity index is 71.6. The molecule has 0 N–H and O–H groups in total. The van der Waals surface area contributed by atoms with Gasteiger partial charge in [-0.25, -0.2) is 0 Å². The summed E-state index contributed by atoms with van der Waals surface area (Å²) in [6, 6.07) is 0. The van der Waals surface area contributed by atoms with Gasteiger partial charge in [-0.15, -0.1) is 0 Å². The Hall–Kier alpha value is 0.633. The monoisotopic (exact) mass is 248 g/mol. The van der Waals surface area contributed by atoms with E-state index in [0.717, 1.165) is 0 Å². The fourth-order valence-corrected chi connectivity index (χ4v) is 0. The normalized spacial score (nSPS) is 20.2. The van der Waals surface area contributed by atoms with Gasteiger partial charge in [-0.1, -0.05) is 0 Å². The summed E-state index contributed by atoms with van der Waals surface area (Å²) in [4.78, 5) is 0. The minimum absolute atomic E-state index is 0. The molecule has 0 nitrogen and oxygen atoms in total. The third-order valence-corrected chi connectivity index (χ3v) is 0. The zero-order valence-electron chi connectivity index (χ0n) is 4.07. The van der Waals surface area contributed by atoms with Crippen LogP contribution in [0.4, 0.5) is 25.2 Å². The van der Waals surface area contributed by atoms with E-state index in [1.807, 2.05) is 0 Å². The standard InChI is InChI=1S/F6P.Ru/c1-7(2,3,4,5)6;/q-1;/p+1. The van der Waals surface area contributed by atoms with Crippen LogP contribution in [-0.4, -0.2) is 0 Å². The maximum atomic E-state index is 9.87. The molecule has 0 amide bonds. The van der Waals surface area contributed by atoms with E-state index in [-0.39, 0.29) is 20.9 Å². The van der Waals surface area contributed by atoms with E-state index in [1.165, 1.54) is 0 Å².